The van der Waals surface area contributed by atoms with Gasteiger partial charge in [0.25, 0.3) is 0 Å². The summed E-state index contributed by atoms with van der Waals surface area (Å²) in [6, 6.07) is 0. The van der Waals surface area contributed by atoms with Crippen LogP contribution < -0.4 is 0 Å². The van der Waals surface area contributed by atoms with Gasteiger partial charge in [-0.2, -0.15) is 0 Å². The van der Waals surface area contributed by atoms with Gasteiger partial charge in [0.2, 0.25) is 0 Å². The van der Waals surface area contributed by atoms with Gasteiger partial charge < -0.3 is 9.57 Å². The summed E-state index contributed by atoms with van der Waals surface area (Å²) >= 11 is 0. The second kappa shape index (κ2) is 1.88. The van der Waals surface area contributed by atoms with Crippen LogP contribution in [0, 0.1) is 0 Å². The summed E-state index contributed by atoms with van der Waals surface area (Å²) in [5.74, 6) is 0. The zero-order chi connectivity index (χ0) is 5.11. The molecule has 1 fully saturated rings. The van der Waals surface area contributed by atoms with Crippen LogP contribution in [0.25, 0.3) is 0 Å². The molecule has 0 aromatic carbocycles. The number of hydrogen-bond donors (Lipinski definition) is 0. The molecule has 1 heterocycles. The van der Waals surface area contributed by atoms with Gasteiger partial charge in [-0.15, -0.1) is 5.11 Å². The molecule has 1 atom stereocenters. The molecule has 1 unspecified atom stereocenters. The summed E-state index contributed by atoms with van der Waals surface area (Å²) in [7, 11) is 1.45. The number of ether oxygens (including phenoxy) is 1. The standard InChI is InChI=1S/C3H6N2O2/c1-6-5-4-3-2-7-3/h3H,2H2,1H3. The van der Waals surface area contributed by atoms with Crippen LogP contribution in [0.2, 0.25) is 0 Å². The van der Waals surface area contributed by atoms with E-state index in [0.29, 0.717) is 6.61 Å². The number of epoxide rings is 1. The predicted molar refractivity (Wildman–Crippen MR) is 21.6 cm³/mol. The molecule has 0 aromatic heterocycles. The van der Waals surface area contributed by atoms with Crippen molar-refractivity contribution in [2.75, 3.05) is 13.7 Å². The van der Waals surface area contributed by atoms with Crippen molar-refractivity contribution in [2.24, 2.45) is 10.4 Å². The smallest absolute Gasteiger partial charge is 0.195 e. The van der Waals surface area contributed by atoms with Crippen molar-refractivity contribution in [3.05, 3.63) is 0 Å². The van der Waals surface area contributed by atoms with E-state index in [1.165, 1.54) is 7.11 Å². The quantitative estimate of drug-likeness (QED) is 0.287. The SMILES string of the molecule is CON=NC1CO1. The largest absolute Gasteiger partial charge is 0.383 e. The molecule has 0 bridgehead atoms. The Bertz CT molecular complexity index is 79.0. The van der Waals surface area contributed by atoms with Crippen molar-refractivity contribution in [3.63, 3.8) is 0 Å². The third kappa shape index (κ3) is 1.50. The lowest BCUT2D eigenvalue weighted by atomic mass is 10.8. The first-order chi connectivity index (χ1) is 3.43. The molecule has 0 aliphatic carbocycles. The van der Waals surface area contributed by atoms with E-state index in [0.717, 1.165) is 0 Å². The highest BCUT2D eigenvalue weighted by Crippen LogP contribution is 2.09. The van der Waals surface area contributed by atoms with Crippen LogP contribution in [0.4, 0.5) is 0 Å². The second-order valence-electron chi connectivity index (χ2n) is 1.17. The Kier molecular flexibility index (Phi) is 1.21. The van der Waals surface area contributed by atoms with Gasteiger partial charge in [-0.1, -0.05) is 0 Å². The fraction of sp³-hybridized carbons (Fsp3) is 1.00. The number of rotatable bonds is 2. The Morgan fingerprint density at radius 3 is 3.00 bits per heavy atom. The van der Waals surface area contributed by atoms with Gasteiger partial charge in [0.1, 0.15) is 7.11 Å². The normalized spacial score (nSPS) is 28.4. The van der Waals surface area contributed by atoms with Gasteiger partial charge in [0.05, 0.1) is 6.61 Å². The van der Waals surface area contributed by atoms with E-state index in [9.17, 15) is 0 Å². The molecule has 1 rings (SSSR count). The van der Waals surface area contributed by atoms with Crippen LogP contribution >= 0.6 is 0 Å². The molecule has 1 saturated heterocycles. The number of nitrogens with zero attached hydrogens (tertiary/aromatic N) is 2. The summed E-state index contributed by atoms with van der Waals surface area (Å²) < 4.78 is 4.67. The summed E-state index contributed by atoms with van der Waals surface area (Å²) in [5.41, 5.74) is 0. The average Bonchev–Trinajstić information content (AvgIpc) is 2.42. The highest BCUT2D eigenvalue weighted by molar-refractivity contribution is 4.60. The van der Waals surface area contributed by atoms with E-state index in [2.05, 4.69) is 20.0 Å². The topological polar surface area (TPSA) is 46.5 Å². The van der Waals surface area contributed by atoms with Gasteiger partial charge in [0, 0.05) is 5.28 Å². The molecule has 0 amide bonds. The van der Waals surface area contributed by atoms with Crippen LogP contribution in [-0.4, -0.2) is 19.9 Å². The fourth-order valence-corrected chi connectivity index (χ4v) is 0.209. The summed E-state index contributed by atoms with van der Waals surface area (Å²) in [4.78, 5) is 4.27. The molecule has 0 saturated carbocycles. The Hall–Kier alpha value is -0.640. The average molecular weight is 102 g/mol. The highest BCUT2D eigenvalue weighted by Gasteiger charge is 2.21. The van der Waals surface area contributed by atoms with Crippen molar-refractivity contribution >= 4 is 0 Å². The van der Waals surface area contributed by atoms with E-state index in [1.54, 1.807) is 0 Å². The number of hydrogen-bond acceptors (Lipinski definition) is 4. The van der Waals surface area contributed by atoms with Gasteiger partial charge in [-0.3, -0.25) is 0 Å². The first kappa shape index (κ1) is 4.52. The van der Waals surface area contributed by atoms with Gasteiger partial charge in [0.15, 0.2) is 6.23 Å². The Balaban J connectivity index is 2.05. The molecule has 0 spiro atoms. The first-order valence-corrected chi connectivity index (χ1v) is 1.98. The maximum atomic E-state index is 4.67. The Morgan fingerprint density at radius 2 is 2.57 bits per heavy atom. The third-order valence-electron chi connectivity index (χ3n) is 0.573. The second-order valence-corrected chi connectivity index (χ2v) is 1.17. The first-order valence-electron chi connectivity index (χ1n) is 1.98. The maximum absolute atomic E-state index is 4.67. The third-order valence-corrected chi connectivity index (χ3v) is 0.573. The predicted octanol–water partition coefficient (Wildman–Crippen LogP) is 0.356. The monoisotopic (exact) mass is 102 g/mol. The van der Waals surface area contributed by atoms with Crippen molar-refractivity contribution in [3.8, 4) is 0 Å². The minimum absolute atomic E-state index is 0.0139. The van der Waals surface area contributed by atoms with Crippen LogP contribution in [0.5, 0.6) is 0 Å². The highest BCUT2D eigenvalue weighted by atomic mass is 16.6. The molecule has 0 radical (unpaired) electrons. The molecular formula is C3H6N2O2. The van der Waals surface area contributed by atoms with Gasteiger partial charge in [-0.25, -0.2) is 0 Å². The maximum Gasteiger partial charge on any atom is 0.195 e. The van der Waals surface area contributed by atoms with Crippen molar-refractivity contribution in [1.29, 1.82) is 0 Å². The minimum Gasteiger partial charge on any atom is -0.383 e. The molecule has 1 aliphatic heterocycles. The molecule has 0 N–H and O–H groups in total. The summed E-state index contributed by atoms with van der Waals surface area (Å²) in [6.45, 7) is 0.687. The van der Waals surface area contributed by atoms with Gasteiger partial charge >= 0.3 is 0 Å². The van der Waals surface area contributed by atoms with E-state index in [4.69, 9.17) is 0 Å². The lowest BCUT2D eigenvalue weighted by Crippen LogP contribution is -1.72. The van der Waals surface area contributed by atoms with E-state index < -0.39 is 0 Å². The van der Waals surface area contributed by atoms with Crippen molar-refractivity contribution in [2.45, 2.75) is 6.23 Å². The Labute approximate surface area is 41.1 Å². The molecule has 4 nitrogen and oxygen atoms in total. The zero-order valence-electron chi connectivity index (χ0n) is 4.00. The van der Waals surface area contributed by atoms with Crippen molar-refractivity contribution < 1.29 is 9.57 Å². The van der Waals surface area contributed by atoms with E-state index >= 15 is 0 Å². The molecule has 4 heteroatoms. The minimum atomic E-state index is -0.0139. The molecule has 40 valence electrons. The fourth-order valence-electron chi connectivity index (χ4n) is 0.209. The lowest BCUT2D eigenvalue weighted by Gasteiger charge is -1.77. The Morgan fingerprint density at radius 1 is 1.86 bits per heavy atom. The van der Waals surface area contributed by atoms with Crippen LogP contribution in [-0.2, 0) is 9.57 Å². The molecule has 7 heavy (non-hydrogen) atoms. The molecule has 0 aromatic rings. The van der Waals surface area contributed by atoms with Crippen LogP contribution in [0.1, 0.15) is 0 Å². The zero-order valence-corrected chi connectivity index (χ0v) is 4.00. The summed E-state index contributed by atoms with van der Waals surface area (Å²) in [6.07, 6.45) is -0.0139. The molecular weight excluding hydrogens is 96.0 g/mol. The van der Waals surface area contributed by atoms with Crippen LogP contribution in [0.15, 0.2) is 10.4 Å². The van der Waals surface area contributed by atoms with Crippen molar-refractivity contribution in [1.82, 2.24) is 0 Å². The van der Waals surface area contributed by atoms with Gasteiger partial charge in [-0.05, 0) is 0 Å². The van der Waals surface area contributed by atoms with E-state index in [-0.39, 0.29) is 6.23 Å². The molecule has 1 aliphatic rings. The summed E-state index contributed by atoms with van der Waals surface area (Å²) in [5, 5.41) is 6.77. The van der Waals surface area contributed by atoms with E-state index in [1.807, 2.05) is 0 Å². The van der Waals surface area contributed by atoms with Crippen LogP contribution in [0.3, 0.4) is 0 Å². The lowest BCUT2D eigenvalue weighted by molar-refractivity contribution is 0.179.